The quantitative estimate of drug-likeness (QED) is 0.440. The van der Waals surface area contributed by atoms with Crippen LogP contribution >= 0.6 is 0 Å². The van der Waals surface area contributed by atoms with E-state index in [0.717, 1.165) is 11.6 Å². The number of nitrogens with zero attached hydrogens (tertiary/aromatic N) is 2. The summed E-state index contributed by atoms with van der Waals surface area (Å²) in [5.74, 6) is -0.0278. The lowest BCUT2D eigenvalue weighted by molar-refractivity contribution is -0.141. The maximum atomic E-state index is 13.2. The van der Waals surface area contributed by atoms with Crippen LogP contribution in [0.25, 0.3) is 5.69 Å². The van der Waals surface area contributed by atoms with E-state index < -0.39 is 27.9 Å². The molecule has 0 aliphatic rings. The van der Waals surface area contributed by atoms with Gasteiger partial charge in [0, 0.05) is 12.2 Å². The fourth-order valence-corrected chi connectivity index (χ4v) is 3.63. The molecule has 0 bridgehead atoms. The van der Waals surface area contributed by atoms with Gasteiger partial charge in [-0.3, -0.25) is 0 Å². The van der Waals surface area contributed by atoms with Crippen molar-refractivity contribution < 1.29 is 26.4 Å². The molecule has 12 heteroatoms. The van der Waals surface area contributed by atoms with Gasteiger partial charge in [-0.2, -0.15) is 18.3 Å². The molecule has 0 saturated carbocycles. The average Bonchev–Trinajstić information content (AvgIpc) is 3.22. The lowest BCUT2D eigenvalue weighted by Gasteiger charge is -2.12. The summed E-state index contributed by atoms with van der Waals surface area (Å²) >= 11 is 0. The lowest BCUT2D eigenvalue weighted by atomic mass is 10.2. The molecule has 2 amide bonds. The van der Waals surface area contributed by atoms with Crippen LogP contribution in [0.2, 0.25) is 0 Å². The van der Waals surface area contributed by atoms with Gasteiger partial charge in [-0.1, -0.05) is 30.3 Å². The highest BCUT2D eigenvalue weighted by Crippen LogP contribution is 2.30. The summed E-state index contributed by atoms with van der Waals surface area (Å²) in [6, 6.07) is 13.6. The number of hydrogen-bond acceptors (Lipinski definition) is 4. The van der Waals surface area contributed by atoms with Gasteiger partial charge in [-0.05, 0) is 49.2 Å². The molecule has 182 valence electrons. The summed E-state index contributed by atoms with van der Waals surface area (Å²) in [6.45, 7) is 3.21. The molecule has 3 N–H and O–H groups in total. The highest BCUT2D eigenvalue weighted by molar-refractivity contribution is 7.89. The van der Waals surface area contributed by atoms with Crippen LogP contribution < -0.4 is 15.4 Å². The first-order chi connectivity index (χ1) is 16.0. The number of alkyl halides is 3. The van der Waals surface area contributed by atoms with Gasteiger partial charge in [0.1, 0.15) is 0 Å². The summed E-state index contributed by atoms with van der Waals surface area (Å²) < 4.78 is 66.4. The standard InChI is InChI=1S/C22H24F3N5O3S/c1-3-34(32,33)27-13-16-8-10-17(11-9-16)28-21(31)26-14-18-12-20(22(23,24)25)29-30(18)19-7-5-4-6-15(19)2/h4-12,27H,3,13-14H2,1-2H3,(H2,26,28,31). The van der Waals surface area contributed by atoms with Gasteiger partial charge >= 0.3 is 12.2 Å². The predicted octanol–water partition coefficient (Wildman–Crippen LogP) is 3.96. The third kappa shape index (κ3) is 6.58. The number of hydrogen-bond donors (Lipinski definition) is 3. The number of carbonyl (C=O) groups is 1. The van der Waals surface area contributed by atoms with Crippen molar-refractivity contribution in [3.63, 3.8) is 0 Å². The van der Waals surface area contributed by atoms with Gasteiger partial charge in [0.05, 0.1) is 23.7 Å². The average molecular weight is 496 g/mol. The molecule has 8 nitrogen and oxygen atoms in total. The van der Waals surface area contributed by atoms with E-state index in [2.05, 4.69) is 20.5 Å². The van der Waals surface area contributed by atoms with Gasteiger partial charge in [-0.15, -0.1) is 0 Å². The van der Waals surface area contributed by atoms with Gasteiger partial charge in [-0.25, -0.2) is 22.6 Å². The molecule has 0 spiro atoms. The zero-order chi connectivity index (χ0) is 24.9. The zero-order valence-corrected chi connectivity index (χ0v) is 19.3. The molecule has 1 heterocycles. The number of amides is 2. The fraction of sp³-hybridized carbons (Fsp3) is 0.273. The molecule has 0 atom stereocenters. The van der Waals surface area contributed by atoms with Crippen molar-refractivity contribution in [3.05, 3.63) is 77.1 Å². The Labute approximate surface area is 195 Å². The second-order valence-electron chi connectivity index (χ2n) is 7.45. The first kappa shape index (κ1) is 25.2. The Balaban J connectivity index is 1.67. The van der Waals surface area contributed by atoms with E-state index in [0.29, 0.717) is 16.9 Å². The number of halogens is 3. The molecule has 34 heavy (non-hydrogen) atoms. The molecular formula is C22H24F3N5O3S. The minimum atomic E-state index is -4.63. The molecule has 0 fully saturated rings. The van der Waals surface area contributed by atoms with Gasteiger partial charge in [0.25, 0.3) is 0 Å². The van der Waals surface area contributed by atoms with Gasteiger partial charge < -0.3 is 10.6 Å². The van der Waals surface area contributed by atoms with E-state index in [-0.39, 0.29) is 24.5 Å². The van der Waals surface area contributed by atoms with Gasteiger partial charge in [0.15, 0.2) is 5.69 Å². The number of aromatic nitrogens is 2. The van der Waals surface area contributed by atoms with Crippen molar-refractivity contribution >= 4 is 21.7 Å². The molecule has 0 saturated heterocycles. The number of para-hydroxylation sites is 1. The highest BCUT2D eigenvalue weighted by Gasteiger charge is 2.35. The lowest BCUT2D eigenvalue weighted by Crippen LogP contribution is -2.29. The number of sulfonamides is 1. The van der Waals surface area contributed by atoms with Crippen LogP contribution in [0, 0.1) is 6.92 Å². The van der Waals surface area contributed by atoms with Crippen LogP contribution in [-0.2, 0) is 29.3 Å². The Hall–Kier alpha value is -3.38. The number of aryl methyl sites for hydroxylation is 1. The normalized spacial score (nSPS) is 11.9. The topological polar surface area (TPSA) is 105 Å². The molecule has 1 aromatic heterocycles. The second-order valence-corrected chi connectivity index (χ2v) is 9.54. The second kappa shape index (κ2) is 10.3. The first-order valence-corrected chi connectivity index (χ1v) is 12.0. The van der Waals surface area contributed by atoms with Crippen LogP contribution in [0.3, 0.4) is 0 Å². The van der Waals surface area contributed by atoms with E-state index in [1.54, 1.807) is 55.5 Å². The Morgan fingerprint density at radius 1 is 1.06 bits per heavy atom. The summed E-state index contributed by atoms with van der Waals surface area (Å²) in [6.07, 6.45) is -4.63. The van der Waals surface area contributed by atoms with Crippen molar-refractivity contribution in [1.29, 1.82) is 0 Å². The number of benzene rings is 2. The van der Waals surface area contributed by atoms with Gasteiger partial charge in [0.2, 0.25) is 10.0 Å². The maximum Gasteiger partial charge on any atom is 0.435 e. The monoisotopic (exact) mass is 495 g/mol. The van der Waals surface area contributed by atoms with E-state index >= 15 is 0 Å². The minimum absolute atomic E-state index is 0.0278. The molecular weight excluding hydrogens is 471 g/mol. The Morgan fingerprint density at radius 3 is 2.35 bits per heavy atom. The fourth-order valence-electron chi connectivity index (χ4n) is 3.04. The smallest absolute Gasteiger partial charge is 0.332 e. The Kier molecular flexibility index (Phi) is 7.62. The zero-order valence-electron chi connectivity index (χ0n) is 18.5. The van der Waals surface area contributed by atoms with E-state index in [1.165, 1.54) is 11.6 Å². The molecule has 3 rings (SSSR count). The number of nitrogens with one attached hydrogen (secondary N) is 3. The molecule has 0 radical (unpaired) electrons. The minimum Gasteiger partial charge on any atom is -0.332 e. The Bertz CT molecular complexity index is 1260. The molecule has 0 aliphatic heterocycles. The Morgan fingerprint density at radius 2 is 1.74 bits per heavy atom. The summed E-state index contributed by atoms with van der Waals surface area (Å²) in [4.78, 5) is 12.3. The van der Waals surface area contributed by atoms with Crippen molar-refractivity contribution in [1.82, 2.24) is 19.8 Å². The molecule has 2 aromatic carbocycles. The van der Waals surface area contributed by atoms with Crippen LogP contribution in [0.1, 0.15) is 29.4 Å². The molecule has 3 aromatic rings. The van der Waals surface area contributed by atoms with Crippen molar-refractivity contribution in [2.24, 2.45) is 0 Å². The van der Waals surface area contributed by atoms with Crippen molar-refractivity contribution in [2.75, 3.05) is 11.1 Å². The molecule has 0 unspecified atom stereocenters. The van der Waals surface area contributed by atoms with Crippen molar-refractivity contribution in [2.45, 2.75) is 33.1 Å². The molecule has 0 aliphatic carbocycles. The van der Waals surface area contributed by atoms with Crippen LogP contribution in [0.15, 0.2) is 54.6 Å². The summed E-state index contributed by atoms with van der Waals surface area (Å²) in [7, 11) is -3.32. The number of urea groups is 1. The third-order valence-electron chi connectivity index (χ3n) is 4.94. The number of anilines is 1. The number of carbonyl (C=O) groups excluding carboxylic acids is 1. The van der Waals surface area contributed by atoms with Crippen LogP contribution in [0.4, 0.5) is 23.7 Å². The maximum absolute atomic E-state index is 13.2. The third-order valence-corrected chi connectivity index (χ3v) is 6.28. The predicted molar refractivity (Wildman–Crippen MR) is 122 cm³/mol. The highest BCUT2D eigenvalue weighted by atomic mass is 32.2. The first-order valence-electron chi connectivity index (χ1n) is 10.3. The SMILES string of the molecule is CCS(=O)(=O)NCc1ccc(NC(=O)NCc2cc(C(F)(F)F)nn2-c2ccccc2C)cc1. The van der Waals surface area contributed by atoms with Crippen LogP contribution in [-0.4, -0.2) is 30.0 Å². The summed E-state index contributed by atoms with van der Waals surface area (Å²) in [5.41, 5.74) is 1.45. The largest absolute Gasteiger partial charge is 0.435 e. The number of rotatable bonds is 8. The summed E-state index contributed by atoms with van der Waals surface area (Å²) in [5, 5.41) is 8.83. The van der Waals surface area contributed by atoms with E-state index in [4.69, 9.17) is 0 Å². The van der Waals surface area contributed by atoms with E-state index in [1.807, 2.05) is 0 Å². The van der Waals surface area contributed by atoms with Crippen LogP contribution in [0.5, 0.6) is 0 Å². The van der Waals surface area contributed by atoms with E-state index in [9.17, 15) is 26.4 Å². The van der Waals surface area contributed by atoms with Crippen molar-refractivity contribution in [3.8, 4) is 5.69 Å².